The van der Waals surface area contributed by atoms with Gasteiger partial charge in [0.2, 0.25) is 0 Å². The van der Waals surface area contributed by atoms with Crippen LogP contribution in [0.5, 0.6) is 0 Å². The van der Waals surface area contributed by atoms with E-state index in [0.717, 1.165) is 13.0 Å². The fraction of sp³-hybridized carbons (Fsp3) is 1.00. The van der Waals surface area contributed by atoms with Crippen molar-refractivity contribution >= 4 is 11.6 Å². The van der Waals surface area contributed by atoms with Crippen LogP contribution in [-0.4, -0.2) is 18.0 Å². The number of nitrogens with one attached hydrogen (secondary N) is 2. The van der Waals surface area contributed by atoms with Crippen LogP contribution in [0.1, 0.15) is 34.1 Å². The topological polar surface area (TPSA) is 24.1 Å². The highest BCUT2D eigenvalue weighted by Crippen LogP contribution is 2.46. The molecule has 2 fully saturated rings. The van der Waals surface area contributed by atoms with E-state index >= 15 is 0 Å². The SMILES string of the molecule is CC1C(Cl)CC2CNNC2C1C(C)(C)C. The van der Waals surface area contributed by atoms with Crippen molar-refractivity contribution in [3.63, 3.8) is 0 Å². The zero-order chi connectivity index (χ0) is 11.2. The summed E-state index contributed by atoms with van der Waals surface area (Å²) in [7, 11) is 0. The number of hydrogen-bond donors (Lipinski definition) is 2. The molecule has 0 aromatic rings. The Bertz CT molecular complexity index is 236. The quantitative estimate of drug-likeness (QED) is 0.625. The smallest absolute Gasteiger partial charge is 0.0368 e. The number of hydrogen-bond acceptors (Lipinski definition) is 2. The second-order valence-electron chi connectivity index (χ2n) is 6.31. The van der Waals surface area contributed by atoms with Gasteiger partial charge >= 0.3 is 0 Å². The summed E-state index contributed by atoms with van der Waals surface area (Å²) in [6.45, 7) is 10.4. The third kappa shape index (κ3) is 2.04. The van der Waals surface area contributed by atoms with E-state index in [1.54, 1.807) is 0 Å². The van der Waals surface area contributed by atoms with Crippen LogP contribution in [0.3, 0.4) is 0 Å². The molecule has 0 bridgehead atoms. The molecule has 1 aliphatic heterocycles. The molecule has 0 amide bonds. The van der Waals surface area contributed by atoms with Crippen LogP contribution in [0.4, 0.5) is 0 Å². The van der Waals surface area contributed by atoms with Crippen LogP contribution >= 0.6 is 11.6 Å². The van der Waals surface area contributed by atoms with E-state index in [0.29, 0.717) is 34.6 Å². The molecule has 0 aromatic carbocycles. The molecule has 2 rings (SSSR count). The molecule has 0 radical (unpaired) electrons. The normalized spacial score (nSPS) is 46.6. The minimum atomic E-state index is 0.328. The van der Waals surface area contributed by atoms with Crippen molar-refractivity contribution in [2.75, 3.05) is 6.54 Å². The largest absolute Gasteiger partial charge is 0.257 e. The Kier molecular flexibility index (Phi) is 3.04. The summed E-state index contributed by atoms with van der Waals surface area (Å²) in [6.07, 6.45) is 1.15. The van der Waals surface area contributed by atoms with Crippen molar-refractivity contribution in [1.82, 2.24) is 10.9 Å². The monoisotopic (exact) mass is 230 g/mol. The first-order valence-corrected chi connectivity index (χ1v) is 6.47. The Balaban J connectivity index is 2.23. The number of fused-ring (bicyclic) bond motifs is 1. The summed E-state index contributed by atoms with van der Waals surface area (Å²) in [4.78, 5) is 0. The summed E-state index contributed by atoms with van der Waals surface area (Å²) in [5, 5.41) is 0.345. The van der Waals surface area contributed by atoms with Crippen LogP contribution in [0, 0.1) is 23.2 Å². The highest BCUT2D eigenvalue weighted by atomic mass is 35.5. The molecular weight excluding hydrogens is 208 g/mol. The van der Waals surface area contributed by atoms with Crippen molar-refractivity contribution in [3.8, 4) is 0 Å². The van der Waals surface area contributed by atoms with Gasteiger partial charge < -0.3 is 0 Å². The summed E-state index contributed by atoms with van der Waals surface area (Å²) in [5.74, 6) is 1.97. The number of hydrazine groups is 1. The summed E-state index contributed by atoms with van der Waals surface area (Å²) < 4.78 is 0. The summed E-state index contributed by atoms with van der Waals surface area (Å²) >= 11 is 6.48. The van der Waals surface area contributed by atoms with E-state index in [4.69, 9.17) is 11.6 Å². The van der Waals surface area contributed by atoms with Gasteiger partial charge in [-0.1, -0.05) is 27.7 Å². The van der Waals surface area contributed by atoms with Crippen LogP contribution in [0.25, 0.3) is 0 Å². The first kappa shape index (κ1) is 11.7. The zero-order valence-corrected chi connectivity index (χ0v) is 10.9. The fourth-order valence-electron chi connectivity index (χ4n) is 3.55. The molecule has 88 valence electrons. The molecule has 1 heterocycles. The van der Waals surface area contributed by atoms with E-state index in [1.807, 2.05) is 0 Å². The second-order valence-corrected chi connectivity index (χ2v) is 6.87. The number of halogens is 1. The summed E-state index contributed by atoms with van der Waals surface area (Å²) in [6, 6.07) is 0.606. The molecule has 1 saturated heterocycles. The average Bonchev–Trinajstić information content (AvgIpc) is 2.50. The molecule has 1 saturated carbocycles. The van der Waals surface area contributed by atoms with Crippen molar-refractivity contribution in [3.05, 3.63) is 0 Å². The molecule has 0 aromatic heterocycles. The maximum atomic E-state index is 6.48. The Morgan fingerprint density at radius 1 is 1.27 bits per heavy atom. The molecule has 0 spiro atoms. The van der Waals surface area contributed by atoms with E-state index in [2.05, 4.69) is 38.5 Å². The average molecular weight is 231 g/mol. The standard InChI is InChI=1S/C12H23ClN2/c1-7-9(13)5-8-6-14-15-11(8)10(7)12(2,3)4/h7-11,14-15H,5-6H2,1-4H3. The van der Waals surface area contributed by atoms with Crippen LogP contribution in [-0.2, 0) is 0 Å². The van der Waals surface area contributed by atoms with Crippen molar-refractivity contribution in [2.24, 2.45) is 23.2 Å². The lowest BCUT2D eigenvalue weighted by Gasteiger charge is -2.47. The van der Waals surface area contributed by atoms with Gasteiger partial charge in [0, 0.05) is 18.0 Å². The molecule has 2 N–H and O–H groups in total. The van der Waals surface area contributed by atoms with Gasteiger partial charge in [0.05, 0.1) is 0 Å². The molecule has 5 unspecified atom stereocenters. The summed E-state index contributed by atoms with van der Waals surface area (Å²) in [5.41, 5.74) is 7.08. The Morgan fingerprint density at radius 3 is 2.53 bits per heavy atom. The molecular formula is C12H23ClN2. The van der Waals surface area contributed by atoms with E-state index < -0.39 is 0 Å². The highest BCUT2D eigenvalue weighted by molar-refractivity contribution is 6.20. The Morgan fingerprint density at radius 2 is 1.93 bits per heavy atom. The van der Waals surface area contributed by atoms with Gasteiger partial charge in [0.25, 0.3) is 0 Å². The lowest BCUT2D eigenvalue weighted by molar-refractivity contribution is 0.0670. The lowest BCUT2D eigenvalue weighted by Crippen LogP contribution is -2.52. The van der Waals surface area contributed by atoms with Crippen molar-refractivity contribution in [1.29, 1.82) is 0 Å². The first-order chi connectivity index (χ1) is 6.91. The first-order valence-electron chi connectivity index (χ1n) is 6.03. The molecule has 3 heteroatoms. The minimum Gasteiger partial charge on any atom is -0.257 e. The lowest BCUT2D eigenvalue weighted by atomic mass is 9.62. The van der Waals surface area contributed by atoms with Crippen molar-refractivity contribution in [2.45, 2.75) is 45.5 Å². The van der Waals surface area contributed by atoms with E-state index in [-0.39, 0.29) is 0 Å². The Labute approximate surface area is 98.1 Å². The predicted molar refractivity (Wildman–Crippen MR) is 64.8 cm³/mol. The van der Waals surface area contributed by atoms with E-state index in [9.17, 15) is 0 Å². The van der Waals surface area contributed by atoms with Gasteiger partial charge in [-0.25, -0.2) is 0 Å². The van der Waals surface area contributed by atoms with Gasteiger partial charge in [0.1, 0.15) is 0 Å². The van der Waals surface area contributed by atoms with Crippen LogP contribution in [0.2, 0.25) is 0 Å². The van der Waals surface area contributed by atoms with Gasteiger partial charge in [-0.2, -0.15) is 0 Å². The van der Waals surface area contributed by atoms with Gasteiger partial charge in [-0.3, -0.25) is 10.9 Å². The van der Waals surface area contributed by atoms with Gasteiger partial charge in [0.15, 0.2) is 0 Å². The van der Waals surface area contributed by atoms with Crippen molar-refractivity contribution < 1.29 is 0 Å². The molecule has 2 nitrogen and oxygen atoms in total. The fourth-order valence-corrected chi connectivity index (χ4v) is 3.93. The molecule has 1 aliphatic carbocycles. The number of alkyl halides is 1. The maximum absolute atomic E-state index is 6.48. The minimum absolute atomic E-state index is 0.328. The van der Waals surface area contributed by atoms with Crippen LogP contribution < -0.4 is 10.9 Å². The highest BCUT2D eigenvalue weighted by Gasteiger charge is 2.48. The zero-order valence-electron chi connectivity index (χ0n) is 10.2. The molecule has 15 heavy (non-hydrogen) atoms. The molecule has 5 atom stereocenters. The van der Waals surface area contributed by atoms with Gasteiger partial charge in [-0.05, 0) is 29.6 Å². The maximum Gasteiger partial charge on any atom is 0.0368 e. The molecule has 2 aliphatic rings. The van der Waals surface area contributed by atoms with E-state index in [1.165, 1.54) is 0 Å². The van der Waals surface area contributed by atoms with Gasteiger partial charge in [-0.15, -0.1) is 11.6 Å². The third-order valence-electron chi connectivity index (χ3n) is 4.19. The van der Waals surface area contributed by atoms with Crippen LogP contribution in [0.15, 0.2) is 0 Å². The predicted octanol–water partition coefficient (Wildman–Crippen LogP) is 2.39. The third-order valence-corrected chi connectivity index (χ3v) is 4.77. The Hall–Kier alpha value is 0.210. The second kappa shape index (κ2) is 3.90. The number of rotatable bonds is 0.